The van der Waals surface area contributed by atoms with E-state index < -0.39 is 0 Å². The van der Waals surface area contributed by atoms with E-state index in [4.69, 9.17) is 18.9 Å². The van der Waals surface area contributed by atoms with Gasteiger partial charge in [0.2, 0.25) is 0 Å². The fraction of sp³-hybridized carbons (Fsp3) is 0.529. The Hall–Kier alpha value is -3.28. The smallest absolute Gasteiger partial charge is 0.344 e. The lowest BCUT2D eigenvalue weighted by molar-refractivity contribution is -0.148. The summed E-state index contributed by atoms with van der Waals surface area (Å²) in [5, 5.41) is 3.21. The van der Waals surface area contributed by atoms with Gasteiger partial charge in [-0.3, -0.25) is 0 Å². The van der Waals surface area contributed by atoms with Crippen LogP contribution < -0.4 is 9.47 Å². The van der Waals surface area contributed by atoms with Crippen molar-refractivity contribution in [2.75, 3.05) is 26.4 Å². The van der Waals surface area contributed by atoms with Gasteiger partial charge in [0.25, 0.3) is 0 Å². The van der Waals surface area contributed by atoms with E-state index in [-0.39, 0.29) is 25.2 Å². The number of fused-ring (bicyclic) bond motifs is 2. The molecule has 0 aliphatic rings. The van der Waals surface area contributed by atoms with Gasteiger partial charge in [0.05, 0.1) is 13.2 Å². The largest absolute Gasteiger partial charge is 0.481 e. The summed E-state index contributed by atoms with van der Waals surface area (Å²) in [7, 11) is 0. The van der Waals surface area contributed by atoms with Gasteiger partial charge in [-0.15, -0.1) is 0 Å². The summed E-state index contributed by atoms with van der Waals surface area (Å²) in [6.07, 6.45) is 8.61. The quantitative estimate of drug-likeness (QED) is 0.117. The number of carbonyl (C=O) groups excluding carboxylic acids is 2. The van der Waals surface area contributed by atoms with Gasteiger partial charge in [-0.25, -0.2) is 9.59 Å². The fourth-order valence-electron chi connectivity index (χ4n) is 4.92. The SMILES string of the molecule is CCCCC(CC)COC(=O)COc1c2ccccc2c(OCC(=O)OCC(CC)CCCC)c2ccccc12. The first kappa shape index (κ1) is 31.3. The number of esters is 2. The minimum Gasteiger partial charge on any atom is -0.481 e. The summed E-state index contributed by atoms with van der Waals surface area (Å²) < 4.78 is 23.3. The number of carbonyl (C=O) groups is 2. The Balaban J connectivity index is 1.74. The number of ether oxygens (including phenoxy) is 4. The van der Waals surface area contributed by atoms with E-state index in [2.05, 4.69) is 27.7 Å². The van der Waals surface area contributed by atoms with Crippen LogP contribution in [-0.4, -0.2) is 38.4 Å². The van der Waals surface area contributed by atoms with Crippen LogP contribution in [0.4, 0.5) is 0 Å². The first-order valence-corrected chi connectivity index (χ1v) is 15.0. The van der Waals surface area contributed by atoms with Crippen molar-refractivity contribution in [3.63, 3.8) is 0 Å². The van der Waals surface area contributed by atoms with Crippen LogP contribution >= 0.6 is 0 Å². The molecule has 0 heterocycles. The average Bonchev–Trinajstić information content (AvgIpc) is 2.98. The van der Waals surface area contributed by atoms with Gasteiger partial charge in [0.1, 0.15) is 11.5 Å². The summed E-state index contributed by atoms with van der Waals surface area (Å²) >= 11 is 0. The molecule has 0 N–H and O–H groups in total. The lowest BCUT2D eigenvalue weighted by Crippen LogP contribution is -2.20. The van der Waals surface area contributed by atoms with Gasteiger partial charge < -0.3 is 18.9 Å². The number of hydrogen-bond acceptors (Lipinski definition) is 6. The molecule has 0 aliphatic carbocycles. The van der Waals surface area contributed by atoms with Gasteiger partial charge >= 0.3 is 11.9 Å². The third-order valence-electron chi connectivity index (χ3n) is 7.55. The predicted octanol–water partition coefficient (Wildman–Crippen LogP) is 8.27. The normalized spacial score (nSPS) is 12.7. The minimum atomic E-state index is -0.379. The number of benzene rings is 3. The Morgan fingerprint density at radius 3 is 1.25 bits per heavy atom. The molecular formula is C34H46O6. The van der Waals surface area contributed by atoms with Gasteiger partial charge in [-0.05, 0) is 24.7 Å². The molecule has 0 saturated heterocycles. The van der Waals surface area contributed by atoms with E-state index in [1.807, 2.05) is 48.5 Å². The second-order valence-corrected chi connectivity index (χ2v) is 10.5. The first-order valence-electron chi connectivity index (χ1n) is 15.0. The van der Waals surface area contributed by atoms with E-state index in [0.717, 1.165) is 72.9 Å². The third-order valence-corrected chi connectivity index (χ3v) is 7.55. The summed E-state index contributed by atoms with van der Waals surface area (Å²) in [5.74, 6) is 1.18. The molecule has 0 spiro atoms. The third kappa shape index (κ3) is 8.87. The van der Waals surface area contributed by atoms with Gasteiger partial charge in [-0.1, -0.05) is 115 Å². The van der Waals surface area contributed by atoms with E-state index in [0.29, 0.717) is 36.5 Å². The lowest BCUT2D eigenvalue weighted by atomic mass is 10.0. The highest BCUT2D eigenvalue weighted by Crippen LogP contribution is 2.42. The number of hydrogen-bond donors (Lipinski definition) is 0. The van der Waals surface area contributed by atoms with Crippen LogP contribution in [0.5, 0.6) is 11.5 Å². The topological polar surface area (TPSA) is 71.1 Å². The summed E-state index contributed by atoms with van der Waals surface area (Å²) in [6, 6.07) is 15.4. The number of rotatable bonds is 18. The van der Waals surface area contributed by atoms with Gasteiger partial charge in [0.15, 0.2) is 13.2 Å². The van der Waals surface area contributed by atoms with E-state index in [9.17, 15) is 9.59 Å². The van der Waals surface area contributed by atoms with Crippen LogP contribution in [0.25, 0.3) is 21.5 Å². The molecule has 0 bridgehead atoms. The zero-order valence-corrected chi connectivity index (χ0v) is 24.7. The van der Waals surface area contributed by atoms with Gasteiger partial charge in [0, 0.05) is 21.5 Å². The van der Waals surface area contributed by atoms with Crippen LogP contribution in [0.2, 0.25) is 0 Å². The van der Waals surface area contributed by atoms with Crippen molar-refractivity contribution in [3.8, 4) is 11.5 Å². The Labute approximate surface area is 239 Å². The van der Waals surface area contributed by atoms with Crippen LogP contribution in [0, 0.1) is 11.8 Å². The maximum absolute atomic E-state index is 12.6. The predicted molar refractivity (Wildman–Crippen MR) is 161 cm³/mol. The Morgan fingerprint density at radius 2 is 0.950 bits per heavy atom. The van der Waals surface area contributed by atoms with Gasteiger partial charge in [-0.2, -0.15) is 0 Å². The lowest BCUT2D eigenvalue weighted by Gasteiger charge is -2.18. The molecule has 218 valence electrons. The molecule has 3 aromatic carbocycles. The molecule has 2 unspecified atom stereocenters. The number of unbranched alkanes of at least 4 members (excludes halogenated alkanes) is 2. The summed E-state index contributed by atoms with van der Waals surface area (Å²) in [6.45, 7) is 9.06. The molecule has 0 aromatic heterocycles. The maximum atomic E-state index is 12.6. The molecule has 0 amide bonds. The minimum absolute atomic E-state index is 0.179. The van der Waals surface area contributed by atoms with Crippen molar-refractivity contribution in [3.05, 3.63) is 48.5 Å². The molecule has 0 aliphatic heterocycles. The molecule has 0 radical (unpaired) electrons. The standard InChI is InChI=1S/C34H46O6/c1-5-9-15-25(7-3)21-37-31(35)23-39-33-27-17-11-13-19-29(27)34(30-20-14-12-18-28(30)33)40-24-32(36)38-22-26(8-4)16-10-6-2/h11-14,17-20,25-26H,5-10,15-16,21-24H2,1-4H3. The molecule has 40 heavy (non-hydrogen) atoms. The molecule has 3 aromatic rings. The van der Waals surface area contributed by atoms with Crippen molar-refractivity contribution in [2.45, 2.75) is 79.1 Å². The van der Waals surface area contributed by atoms with E-state index in [1.165, 1.54) is 0 Å². The molecule has 3 rings (SSSR count). The zero-order valence-electron chi connectivity index (χ0n) is 24.7. The second kappa shape index (κ2) is 16.7. The molecule has 2 atom stereocenters. The van der Waals surface area contributed by atoms with Crippen molar-refractivity contribution in [1.82, 2.24) is 0 Å². The van der Waals surface area contributed by atoms with E-state index >= 15 is 0 Å². The van der Waals surface area contributed by atoms with E-state index in [1.54, 1.807) is 0 Å². The highest BCUT2D eigenvalue weighted by atomic mass is 16.6. The van der Waals surface area contributed by atoms with Crippen LogP contribution in [0.1, 0.15) is 79.1 Å². The maximum Gasteiger partial charge on any atom is 0.344 e. The molecule has 0 saturated carbocycles. The Kier molecular flexibility index (Phi) is 13.1. The monoisotopic (exact) mass is 550 g/mol. The van der Waals surface area contributed by atoms with Crippen LogP contribution in [0.3, 0.4) is 0 Å². The van der Waals surface area contributed by atoms with Crippen LogP contribution in [0.15, 0.2) is 48.5 Å². The van der Waals surface area contributed by atoms with Crippen LogP contribution in [-0.2, 0) is 19.1 Å². The first-order chi connectivity index (χ1) is 19.5. The van der Waals surface area contributed by atoms with Crippen molar-refractivity contribution in [2.24, 2.45) is 11.8 Å². The molecule has 0 fully saturated rings. The second-order valence-electron chi connectivity index (χ2n) is 10.5. The summed E-state index contributed by atoms with van der Waals surface area (Å²) in [5.41, 5.74) is 0. The van der Waals surface area contributed by atoms with Crippen molar-refractivity contribution in [1.29, 1.82) is 0 Å². The Bertz CT molecular complexity index is 1070. The summed E-state index contributed by atoms with van der Waals surface area (Å²) in [4.78, 5) is 25.2. The molecule has 6 nitrogen and oxygen atoms in total. The molecule has 6 heteroatoms. The molecular weight excluding hydrogens is 504 g/mol. The Morgan fingerprint density at radius 1 is 0.600 bits per heavy atom. The highest BCUT2D eigenvalue weighted by Gasteiger charge is 2.19. The van der Waals surface area contributed by atoms with Crippen molar-refractivity contribution >= 4 is 33.5 Å². The fourth-order valence-corrected chi connectivity index (χ4v) is 4.92. The van der Waals surface area contributed by atoms with Crippen molar-refractivity contribution < 1.29 is 28.5 Å². The average molecular weight is 551 g/mol. The highest BCUT2D eigenvalue weighted by molar-refractivity contribution is 6.11. The zero-order chi connectivity index (χ0) is 28.7.